The average Bonchev–Trinajstić information content (AvgIpc) is 2.83. The van der Waals surface area contributed by atoms with Crippen LogP contribution in [-0.4, -0.2) is 50.7 Å². The van der Waals surface area contributed by atoms with Crippen LogP contribution in [0.15, 0.2) is 48.5 Å². The van der Waals surface area contributed by atoms with E-state index in [4.69, 9.17) is 4.74 Å². The van der Waals surface area contributed by atoms with Crippen LogP contribution < -0.4 is 14.4 Å². The van der Waals surface area contributed by atoms with E-state index in [1.54, 1.807) is 31.2 Å². The van der Waals surface area contributed by atoms with Gasteiger partial charge in [-0.2, -0.15) is 0 Å². The van der Waals surface area contributed by atoms with E-state index in [0.29, 0.717) is 18.0 Å². The lowest BCUT2D eigenvalue weighted by Crippen LogP contribution is -2.50. The fraction of sp³-hybridized carbons (Fsp3) is 0.458. The summed E-state index contributed by atoms with van der Waals surface area (Å²) in [7, 11) is -3.52. The predicted molar refractivity (Wildman–Crippen MR) is 125 cm³/mol. The van der Waals surface area contributed by atoms with Crippen LogP contribution in [0.25, 0.3) is 0 Å². The minimum atomic E-state index is -3.52. The van der Waals surface area contributed by atoms with Crippen molar-refractivity contribution in [1.29, 1.82) is 0 Å². The van der Waals surface area contributed by atoms with E-state index in [0.717, 1.165) is 25.2 Å². The number of para-hydroxylation sites is 2. The van der Waals surface area contributed by atoms with Gasteiger partial charge in [0, 0.05) is 13.1 Å². The molecule has 1 amide bonds. The predicted octanol–water partition coefficient (Wildman–Crippen LogP) is 2.91. The Morgan fingerprint density at radius 3 is 2.44 bits per heavy atom. The third kappa shape index (κ3) is 5.24. The Balaban J connectivity index is 1.36. The van der Waals surface area contributed by atoms with Gasteiger partial charge in [0.05, 0.1) is 18.0 Å². The number of amides is 1. The van der Waals surface area contributed by atoms with Gasteiger partial charge in [-0.1, -0.05) is 42.8 Å². The fourth-order valence-electron chi connectivity index (χ4n) is 4.20. The van der Waals surface area contributed by atoms with E-state index >= 15 is 0 Å². The molecule has 7 nitrogen and oxygen atoms in total. The van der Waals surface area contributed by atoms with E-state index in [1.165, 1.54) is 29.1 Å². The topological polar surface area (TPSA) is 79.0 Å². The number of fused-ring (bicyclic) bond motifs is 1. The molecule has 32 heavy (non-hydrogen) atoms. The standard InChI is InChI=1S/C24H31N3O4S/c1-2-32(29,30)27-18-23(31-22-9-5-4-8-21(22)27)24(28)25-16-19-10-12-20(13-11-19)17-26-14-6-3-7-15-26/h4-5,8-13,23H,2-3,6-7,14-18H2,1H3,(H,25,28). The molecule has 1 atom stereocenters. The first-order valence-electron chi connectivity index (χ1n) is 11.3. The zero-order valence-corrected chi connectivity index (χ0v) is 19.3. The monoisotopic (exact) mass is 457 g/mol. The van der Waals surface area contributed by atoms with Crippen molar-refractivity contribution in [3.8, 4) is 5.75 Å². The lowest BCUT2D eigenvalue weighted by Gasteiger charge is -2.34. The van der Waals surface area contributed by atoms with Crippen molar-refractivity contribution in [3.05, 3.63) is 59.7 Å². The van der Waals surface area contributed by atoms with Crippen molar-refractivity contribution >= 4 is 21.6 Å². The summed E-state index contributed by atoms with van der Waals surface area (Å²) in [6, 6.07) is 15.2. The highest BCUT2D eigenvalue weighted by atomic mass is 32.2. The first-order chi connectivity index (χ1) is 15.5. The fourth-order valence-corrected chi connectivity index (χ4v) is 5.32. The molecule has 1 fully saturated rings. The molecule has 1 N–H and O–H groups in total. The Bertz CT molecular complexity index is 1030. The van der Waals surface area contributed by atoms with E-state index in [1.807, 2.05) is 12.1 Å². The average molecular weight is 458 g/mol. The van der Waals surface area contributed by atoms with Crippen LogP contribution in [0.5, 0.6) is 5.75 Å². The molecule has 0 aliphatic carbocycles. The molecule has 0 spiro atoms. The minimum absolute atomic E-state index is 0.0339. The smallest absolute Gasteiger partial charge is 0.263 e. The molecule has 0 aromatic heterocycles. The Hall–Kier alpha value is -2.58. The first kappa shape index (κ1) is 22.6. The molecular weight excluding hydrogens is 426 g/mol. The number of benzene rings is 2. The third-order valence-electron chi connectivity index (χ3n) is 6.07. The highest BCUT2D eigenvalue weighted by Gasteiger charge is 2.35. The minimum Gasteiger partial charge on any atom is -0.476 e. The van der Waals surface area contributed by atoms with Crippen molar-refractivity contribution in [3.63, 3.8) is 0 Å². The molecule has 2 aromatic carbocycles. The number of hydrogen-bond acceptors (Lipinski definition) is 5. The molecule has 0 radical (unpaired) electrons. The molecular formula is C24H31N3O4S. The number of carbonyl (C=O) groups excluding carboxylic acids is 1. The maximum Gasteiger partial charge on any atom is 0.263 e. The second kappa shape index (κ2) is 9.92. The van der Waals surface area contributed by atoms with Crippen LogP contribution in [0, 0.1) is 0 Å². The van der Waals surface area contributed by atoms with Crippen LogP contribution in [0.1, 0.15) is 37.3 Å². The summed E-state index contributed by atoms with van der Waals surface area (Å²) in [6.07, 6.45) is 2.97. The molecule has 2 aliphatic heterocycles. The number of carbonyl (C=O) groups is 1. The van der Waals surface area contributed by atoms with Crippen LogP contribution in [0.2, 0.25) is 0 Å². The van der Waals surface area contributed by atoms with Crippen molar-refractivity contribution < 1.29 is 17.9 Å². The van der Waals surface area contributed by atoms with Crippen LogP contribution in [0.3, 0.4) is 0 Å². The van der Waals surface area contributed by atoms with Gasteiger partial charge in [-0.15, -0.1) is 0 Å². The Labute approximate surface area is 190 Å². The lowest BCUT2D eigenvalue weighted by molar-refractivity contribution is -0.127. The highest BCUT2D eigenvalue weighted by molar-refractivity contribution is 7.92. The summed E-state index contributed by atoms with van der Waals surface area (Å²) in [4.78, 5) is 15.3. The molecule has 4 rings (SSSR count). The summed E-state index contributed by atoms with van der Waals surface area (Å²) in [5, 5.41) is 2.89. The van der Waals surface area contributed by atoms with Gasteiger partial charge in [-0.05, 0) is 56.1 Å². The summed E-state index contributed by atoms with van der Waals surface area (Å²) < 4.78 is 32.3. The molecule has 2 heterocycles. The number of sulfonamides is 1. The normalized spacial score (nSPS) is 19.2. The van der Waals surface area contributed by atoms with Crippen LogP contribution in [-0.2, 0) is 27.9 Å². The van der Waals surface area contributed by atoms with Crippen molar-refractivity contribution in [2.24, 2.45) is 0 Å². The molecule has 8 heteroatoms. The number of rotatable bonds is 7. The number of nitrogens with zero attached hydrogens (tertiary/aromatic N) is 2. The zero-order valence-electron chi connectivity index (χ0n) is 18.5. The number of ether oxygens (including phenoxy) is 1. The summed E-state index contributed by atoms with van der Waals surface area (Å²) >= 11 is 0. The van der Waals surface area contributed by atoms with Crippen molar-refractivity contribution in [2.45, 2.75) is 45.4 Å². The van der Waals surface area contributed by atoms with E-state index in [9.17, 15) is 13.2 Å². The Morgan fingerprint density at radius 2 is 1.72 bits per heavy atom. The molecule has 0 saturated carbocycles. The molecule has 1 unspecified atom stereocenters. The molecule has 2 aromatic rings. The number of hydrogen-bond donors (Lipinski definition) is 1. The lowest BCUT2D eigenvalue weighted by atomic mass is 10.1. The Kier molecular flexibility index (Phi) is 7.01. The SMILES string of the molecule is CCS(=O)(=O)N1CC(C(=O)NCc2ccc(CN3CCCCC3)cc2)Oc2ccccc21. The van der Waals surface area contributed by atoms with Crippen LogP contribution >= 0.6 is 0 Å². The van der Waals surface area contributed by atoms with E-state index < -0.39 is 16.1 Å². The maximum absolute atomic E-state index is 12.8. The number of likely N-dealkylation sites (tertiary alicyclic amines) is 1. The molecule has 2 aliphatic rings. The number of piperidine rings is 1. The van der Waals surface area contributed by atoms with E-state index in [-0.39, 0.29) is 18.2 Å². The van der Waals surface area contributed by atoms with E-state index in [2.05, 4.69) is 22.3 Å². The zero-order chi connectivity index (χ0) is 22.6. The quantitative estimate of drug-likeness (QED) is 0.692. The Morgan fingerprint density at radius 1 is 1.03 bits per heavy atom. The molecule has 0 bridgehead atoms. The second-order valence-corrected chi connectivity index (χ2v) is 10.6. The maximum atomic E-state index is 12.8. The number of anilines is 1. The van der Waals surface area contributed by atoms with Gasteiger partial charge in [0.1, 0.15) is 5.75 Å². The molecule has 1 saturated heterocycles. The number of nitrogens with one attached hydrogen (secondary N) is 1. The summed E-state index contributed by atoms with van der Waals surface area (Å²) in [5.74, 6) is 0.0330. The van der Waals surface area contributed by atoms with Crippen molar-refractivity contribution in [1.82, 2.24) is 10.2 Å². The third-order valence-corrected chi connectivity index (χ3v) is 7.82. The molecule has 172 valence electrons. The largest absolute Gasteiger partial charge is 0.476 e. The summed E-state index contributed by atoms with van der Waals surface area (Å²) in [5.41, 5.74) is 2.74. The summed E-state index contributed by atoms with van der Waals surface area (Å²) in [6.45, 7) is 5.21. The van der Waals surface area contributed by atoms with Gasteiger partial charge in [0.2, 0.25) is 10.0 Å². The highest BCUT2D eigenvalue weighted by Crippen LogP contribution is 2.35. The van der Waals surface area contributed by atoms with Crippen molar-refractivity contribution in [2.75, 3.05) is 29.7 Å². The first-order valence-corrected chi connectivity index (χ1v) is 12.9. The second-order valence-electron chi connectivity index (χ2n) is 8.38. The van der Waals surface area contributed by atoms with Gasteiger partial charge in [-0.3, -0.25) is 14.0 Å². The van der Waals surface area contributed by atoms with Gasteiger partial charge in [-0.25, -0.2) is 8.42 Å². The van der Waals surface area contributed by atoms with Gasteiger partial charge in [0.25, 0.3) is 5.91 Å². The van der Waals surface area contributed by atoms with Gasteiger partial charge in [0.15, 0.2) is 6.10 Å². The van der Waals surface area contributed by atoms with Gasteiger partial charge < -0.3 is 10.1 Å². The van der Waals surface area contributed by atoms with Gasteiger partial charge >= 0.3 is 0 Å². The van der Waals surface area contributed by atoms with Crippen LogP contribution in [0.4, 0.5) is 5.69 Å².